The normalized spacial score (nSPS) is 17.4. The van der Waals surface area contributed by atoms with Crippen LogP contribution in [0.5, 0.6) is 5.88 Å². The Bertz CT molecular complexity index is 992. The number of ether oxygens (including phenoxy) is 1. The summed E-state index contributed by atoms with van der Waals surface area (Å²) in [5, 5.41) is 0. The van der Waals surface area contributed by atoms with Gasteiger partial charge in [0.1, 0.15) is 0 Å². The zero-order valence-corrected chi connectivity index (χ0v) is 14.4. The van der Waals surface area contributed by atoms with Crippen molar-refractivity contribution in [3.8, 4) is 5.88 Å². The standard InChI is InChI=1S/C18H19N5O3/c1-26-15-6-5-12(11-20-15)17(25)22-8-3-2-4-14(22)13-10-16(24)23-9-7-19-18(23)21-13/h5-7,9-11,14H,2-4,8H2,1H3,(H,19,21)/t14-/m0/s1. The van der Waals surface area contributed by atoms with E-state index in [2.05, 4.69) is 15.0 Å². The lowest BCUT2D eigenvalue weighted by atomic mass is 9.98. The van der Waals surface area contributed by atoms with Gasteiger partial charge in [-0.15, -0.1) is 0 Å². The number of aromatic amines is 1. The molecule has 0 aromatic carbocycles. The molecular formula is C18H19N5O3. The maximum Gasteiger partial charge on any atom is 0.259 e. The van der Waals surface area contributed by atoms with Gasteiger partial charge in [0.2, 0.25) is 11.7 Å². The zero-order valence-electron chi connectivity index (χ0n) is 14.4. The highest BCUT2D eigenvalue weighted by molar-refractivity contribution is 5.94. The number of carbonyl (C=O) groups excluding carboxylic acids is 1. The first-order chi connectivity index (χ1) is 12.7. The molecule has 134 valence electrons. The number of aromatic nitrogens is 4. The second-order valence-electron chi connectivity index (χ2n) is 6.28. The molecule has 3 aromatic heterocycles. The fraction of sp³-hybridized carbons (Fsp3) is 0.333. The number of piperidine rings is 1. The highest BCUT2D eigenvalue weighted by Gasteiger charge is 2.30. The molecule has 26 heavy (non-hydrogen) atoms. The number of rotatable bonds is 3. The number of nitrogens with one attached hydrogen (secondary N) is 1. The van der Waals surface area contributed by atoms with E-state index in [4.69, 9.17) is 4.74 Å². The number of methoxy groups -OCH3 is 1. The van der Waals surface area contributed by atoms with Gasteiger partial charge in [-0.05, 0) is 25.3 Å². The minimum atomic E-state index is -0.187. The molecule has 8 heteroatoms. The summed E-state index contributed by atoms with van der Waals surface area (Å²) in [7, 11) is 1.53. The van der Waals surface area contributed by atoms with Crippen LogP contribution in [0.2, 0.25) is 0 Å². The average Bonchev–Trinajstić information content (AvgIpc) is 3.17. The van der Waals surface area contributed by atoms with E-state index in [0.29, 0.717) is 29.5 Å². The van der Waals surface area contributed by atoms with E-state index in [1.54, 1.807) is 35.5 Å². The topological polar surface area (TPSA) is 92.6 Å². The van der Waals surface area contributed by atoms with Gasteiger partial charge in [-0.25, -0.2) is 9.97 Å². The molecule has 0 unspecified atom stereocenters. The monoisotopic (exact) mass is 353 g/mol. The Balaban J connectivity index is 1.68. The first-order valence-electron chi connectivity index (χ1n) is 8.54. The Morgan fingerprint density at radius 1 is 1.31 bits per heavy atom. The van der Waals surface area contributed by atoms with Crippen LogP contribution in [0.25, 0.3) is 5.78 Å². The van der Waals surface area contributed by atoms with Gasteiger partial charge in [-0.3, -0.25) is 14.0 Å². The van der Waals surface area contributed by atoms with Crippen LogP contribution >= 0.6 is 0 Å². The van der Waals surface area contributed by atoms with Crippen LogP contribution in [0.4, 0.5) is 0 Å². The summed E-state index contributed by atoms with van der Waals surface area (Å²) < 4.78 is 6.50. The van der Waals surface area contributed by atoms with Gasteiger partial charge in [0.25, 0.3) is 11.5 Å². The molecular weight excluding hydrogens is 334 g/mol. The number of hydrogen-bond donors (Lipinski definition) is 1. The van der Waals surface area contributed by atoms with Crippen molar-refractivity contribution in [1.82, 2.24) is 24.3 Å². The largest absolute Gasteiger partial charge is 0.481 e. The van der Waals surface area contributed by atoms with E-state index in [9.17, 15) is 9.59 Å². The van der Waals surface area contributed by atoms with Crippen LogP contribution < -0.4 is 10.3 Å². The number of H-pyrrole nitrogens is 1. The van der Waals surface area contributed by atoms with Crippen molar-refractivity contribution in [3.05, 3.63) is 58.4 Å². The van der Waals surface area contributed by atoms with Crippen LogP contribution in [0, 0.1) is 0 Å². The lowest BCUT2D eigenvalue weighted by Gasteiger charge is -2.35. The number of imidazole rings is 1. The fourth-order valence-electron chi connectivity index (χ4n) is 3.41. The quantitative estimate of drug-likeness (QED) is 0.775. The predicted octanol–water partition coefficient (Wildman–Crippen LogP) is 1.79. The van der Waals surface area contributed by atoms with E-state index in [-0.39, 0.29) is 17.5 Å². The van der Waals surface area contributed by atoms with Crippen LogP contribution in [0.3, 0.4) is 0 Å². The summed E-state index contributed by atoms with van der Waals surface area (Å²) in [4.78, 5) is 38.6. The number of hydrogen-bond acceptors (Lipinski definition) is 5. The first kappa shape index (κ1) is 16.3. The number of amides is 1. The molecule has 1 atom stereocenters. The Hall–Kier alpha value is -3.16. The number of carbonyl (C=O) groups is 1. The summed E-state index contributed by atoms with van der Waals surface area (Å²) in [5.41, 5.74) is 1.06. The maximum atomic E-state index is 13.0. The van der Waals surface area contributed by atoms with Gasteiger partial charge in [0, 0.05) is 43.0 Å². The van der Waals surface area contributed by atoms with E-state index in [0.717, 1.165) is 19.3 Å². The molecule has 0 aliphatic carbocycles. The highest BCUT2D eigenvalue weighted by atomic mass is 16.5. The summed E-state index contributed by atoms with van der Waals surface area (Å²) in [6, 6.07) is 4.75. The van der Waals surface area contributed by atoms with Gasteiger partial charge in [0.05, 0.1) is 18.7 Å². The lowest BCUT2D eigenvalue weighted by Crippen LogP contribution is -2.39. The smallest absolute Gasteiger partial charge is 0.259 e. The van der Waals surface area contributed by atoms with Crippen LogP contribution in [-0.4, -0.2) is 43.8 Å². The molecule has 3 aromatic rings. The molecule has 0 radical (unpaired) electrons. The van der Waals surface area contributed by atoms with Gasteiger partial charge in [0.15, 0.2) is 0 Å². The molecule has 1 aliphatic rings. The van der Waals surface area contributed by atoms with Crippen molar-refractivity contribution in [3.63, 3.8) is 0 Å². The average molecular weight is 353 g/mol. The van der Waals surface area contributed by atoms with Crippen molar-refractivity contribution >= 4 is 11.7 Å². The van der Waals surface area contributed by atoms with Crippen LogP contribution in [0.1, 0.15) is 41.4 Å². The van der Waals surface area contributed by atoms with Gasteiger partial charge in [-0.2, -0.15) is 0 Å². The summed E-state index contributed by atoms with van der Waals surface area (Å²) >= 11 is 0. The molecule has 0 bridgehead atoms. The molecule has 1 fully saturated rings. The third-order valence-corrected chi connectivity index (χ3v) is 4.73. The number of nitrogens with zero attached hydrogens (tertiary/aromatic N) is 4. The molecule has 4 heterocycles. The van der Waals surface area contributed by atoms with Crippen LogP contribution in [-0.2, 0) is 0 Å². The molecule has 8 nitrogen and oxygen atoms in total. The summed E-state index contributed by atoms with van der Waals surface area (Å²) in [6.45, 7) is 0.636. The lowest BCUT2D eigenvalue weighted by molar-refractivity contribution is 0.0605. The highest BCUT2D eigenvalue weighted by Crippen LogP contribution is 2.30. The van der Waals surface area contributed by atoms with Crippen molar-refractivity contribution in [2.45, 2.75) is 25.3 Å². The second kappa shape index (κ2) is 6.62. The number of fused-ring (bicyclic) bond motifs is 1. The molecule has 0 spiro atoms. The Kier molecular flexibility index (Phi) is 4.16. The van der Waals surface area contributed by atoms with Crippen molar-refractivity contribution in [2.75, 3.05) is 13.7 Å². The molecule has 1 amide bonds. The Morgan fingerprint density at radius 2 is 2.19 bits per heavy atom. The molecule has 1 aliphatic heterocycles. The van der Waals surface area contributed by atoms with E-state index >= 15 is 0 Å². The number of likely N-dealkylation sites (tertiary alicyclic amines) is 1. The SMILES string of the molecule is COc1ccc(C(=O)N2CCCC[C@H]2c2cc(=O)n3ccnc3[nH]2)cn1. The predicted molar refractivity (Wildman–Crippen MR) is 94.2 cm³/mol. The fourth-order valence-corrected chi connectivity index (χ4v) is 3.41. The summed E-state index contributed by atoms with van der Waals surface area (Å²) in [6.07, 6.45) is 7.43. The van der Waals surface area contributed by atoms with Crippen molar-refractivity contribution < 1.29 is 9.53 Å². The van der Waals surface area contributed by atoms with Crippen molar-refractivity contribution in [2.24, 2.45) is 0 Å². The maximum absolute atomic E-state index is 13.0. The van der Waals surface area contributed by atoms with Crippen LogP contribution in [0.15, 0.2) is 41.6 Å². The van der Waals surface area contributed by atoms with E-state index in [1.807, 2.05) is 0 Å². The van der Waals surface area contributed by atoms with E-state index < -0.39 is 0 Å². The second-order valence-corrected chi connectivity index (χ2v) is 6.28. The summed E-state index contributed by atoms with van der Waals surface area (Å²) in [5.74, 6) is 0.844. The third kappa shape index (κ3) is 2.83. The minimum Gasteiger partial charge on any atom is -0.481 e. The Labute approximate surface area is 149 Å². The number of pyridine rings is 1. The van der Waals surface area contributed by atoms with Gasteiger partial charge >= 0.3 is 0 Å². The third-order valence-electron chi connectivity index (χ3n) is 4.73. The molecule has 1 saturated heterocycles. The molecule has 1 N–H and O–H groups in total. The minimum absolute atomic E-state index is 0.103. The molecule has 4 rings (SSSR count). The molecule has 0 saturated carbocycles. The first-order valence-corrected chi connectivity index (χ1v) is 8.54. The van der Waals surface area contributed by atoms with E-state index in [1.165, 1.54) is 17.7 Å². The van der Waals surface area contributed by atoms with Gasteiger partial charge in [-0.1, -0.05) is 0 Å². The van der Waals surface area contributed by atoms with Gasteiger partial charge < -0.3 is 14.6 Å². The van der Waals surface area contributed by atoms with Crippen molar-refractivity contribution in [1.29, 1.82) is 0 Å². The zero-order chi connectivity index (χ0) is 18.1. The Morgan fingerprint density at radius 3 is 2.96 bits per heavy atom.